The summed E-state index contributed by atoms with van der Waals surface area (Å²) in [5.74, 6) is -3.17. The maximum absolute atomic E-state index is 13.2. The zero-order valence-corrected chi connectivity index (χ0v) is 21.3. The normalized spacial score (nSPS) is 30.7. The minimum Gasteiger partial charge on any atom is -0.467 e. The topological polar surface area (TPSA) is 142 Å². The Labute approximate surface area is 207 Å². The molecule has 1 aromatic rings. The van der Waals surface area contributed by atoms with E-state index in [9.17, 15) is 29.7 Å². The lowest BCUT2D eigenvalue weighted by Crippen LogP contribution is -2.60. The number of hydrogen-bond donors (Lipinski definition) is 4. The fourth-order valence-electron chi connectivity index (χ4n) is 4.05. The summed E-state index contributed by atoms with van der Waals surface area (Å²) in [5, 5.41) is 34.9. The average Bonchev–Trinajstić information content (AvgIpc) is 3.23. The molecule has 1 fully saturated rings. The number of nitrogens with one attached hydrogen (secondary N) is 1. The van der Waals surface area contributed by atoms with E-state index in [1.807, 2.05) is 6.92 Å². The summed E-state index contributed by atoms with van der Waals surface area (Å²) in [4.78, 5) is 38.7. The number of carbonyl (C=O) groups is 3. The molecule has 33 heavy (non-hydrogen) atoms. The van der Waals surface area contributed by atoms with E-state index in [0.29, 0.717) is 6.42 Å². The second-order valence-corrected chi connectivity index (χ2v) is 10.2. The molecule has 180 valence electrons. The molecule has 0 aromatic heterocycles. The van der Waals surface area contributed by atoms with E-state index in [4.69, 9.17) is 9.47 Å². The zero-order chi connectivity index (χ0) is 24.7. The quantitative estimate of drug-likeness (QED) is 0.199. The molecule has 3 rings (SSSR count). The van der Waals surface area contributed by atoms with E-state index in [1.165, 1.54) is 19.1 Å². The van der Waals surface area contributed by atoms with Gasteiger partial charge < -0.3 is 30.1 Å². The third kappa shape index (κ3) is 3.88. The summed E-state index contributed by atoms with van der Waals surface area (Å²) < 4.78 is 10.9. The molecule has 1 amide bonds. The third-order valence-corrected chi connectivity index (χ3v) is 9.18. The minimum absolute atomic E-state index is 0.131. The van der Waals surface area contributed by atoms with Gasteiger partial charge >= 0.3 is 0 Å². The van der Waals surface area contributed by atoms with Gasteiger partial charge in [0, 0.05) is 23.1 Å². The van der Waals surface area contributed by atoms with Gasteiger partial charge in [-0.3, -0.25) is 14.4 Å². The van der Waals surface area contributed by atoms with Gasteiger partial charge in [0.25, 0.3) is 11.5 Å². The molecule has 0 aliphatic carbocycles. The number of hydrogen-bond acceptors (Lipinski definition) is 8. The highest BCUT2D eigenvalue weighted by molar-refractivity contribution is 9.12. The number of halogens is 2. The second kappa shape index (κ2) is 9.55. The van der Waals surface area contributed by atoms with E-state index in [2.05, 4.69) is 37.2 Å². The molecule has 7 atom stereocenters. The van der Waals surface area contributed by atoms with E-state index in [-0.39, 0.29) is 21.7 Å². The number of ether oxygens (including phenoxy) is 2. The van der Waals surface area contributed by atoms with Crippen molar-refractivity contribution < 1.29 is 39.2 Å². The van der Waals surface area contributed by atoms with Crippen LogP contribution in [0, 0.1) is 0 Å². The van der Waals surface area contributed by atoms with Crippen molar-refractivity contribution in [1.82, 2.24) is 5.32 Å². The molecule has 2 heterocycles. The lowest BCUT2D eigenvalue weighted by Gasteiger charge is -2.33. The van der Waals surface area contributed by atoms with Gasteiger partial charge in [-0.2, -0.15) is 0 Å². The van der Waals surface area contributed by atoms with Crippen LogP contribution in [0.4, 0.5) is 0 Å². The highest BCUT2D eigenvalue weighted by Crippen LogP contribution is 2.44. The van der Waals surface area contributed by atoms with Crippen molar-refractivity contribution in [2.75, 3.05) is 7.11 Å². The third-order valence-electron chi connectivity index (χ3n) is 6.07. The van der Waals surface area contributed by atoms with Crippen molar-refractivity contribution in [1.29, 1.82) is 0 Å². The molecule has 9 nitrogen and oxygen atoms in total. The molecule has 11 heteroatoms. The number of carbonyl (C=O) groups excluding carboxylic acids is 3. The summed E-state index contributed by atoms with van der Waals surface area (Å²) >= 11 is 6.70. The van der Waals surface area contributed by atoms with Crippen LogP contribution in [0.15, 0.2) is 41.7 Å². The number of ketones is 2. The summed E-state index contributed by atoms with van der Waals surface area (Å²) in [7, 11) is 1.11. The van der Waals surface area contributed by atoms with Gasteiger partial charge in [-0.25, -0.2) is 0 Å². The van der Waals surface area contributed by atoms with Crippen molar-refractivity contribution >= 4 is 49.3 Å². The van der Waals surface area contributed by atoms with Crippen LogP contribution in [0.5, 0.6) is 0 Å². The van der Waals surface area contributed by atoms with Crippen molar-refractivity contribution in [2.24, 2.45) is 0 Å². The van der Waals surface area contributed by atoms with Gasteiger partial charge in [0.2, 0.25) is 17.3 Å². The molecule has 2 aliphatic heterocycles. The average molecular weight is 591 g/mol. The molecule has 1 aromatic carbocycles. The number of Topliss-reactive ketones (excluding diaryl/α,β-unsaturated/α-hetero) is 2. The lowest BCUT2D eigenvalue weighted by molar-refractivity contribution is -0.163. The highest BCUT2D eigenvalue weighted by Gasteiger charge is 2.74. The summed E-state index contributed by atoms with van der Waals surface area (Å²) in [6.45, 7) is 3.18. The first kappa shape index (κ1) is 26.0. The molecule has 1 spiro atoms. The number of benzene rings is 1. The monoisotopic (exact) mass is 589 g/mol. The van der Waals surface area contributed by atoms with Crippen LogP contribution in [0.3, 0.4) is 0 Å². The van der Waals surface area contributed by atoms with Crippen LogP contribution in [0.25, 0.3) is 0 Å². The van der Waals surface area contributed by atoms with Crippen LogP contribution in [0.2, 0.25) is 0 Å². The standard InChI is InChI=1S/C22H25Br2NO8/c1-4-12(23)13(24)14(26)15(27)16-10(2)17(28)21(33-16)19(30)22(32-3,25-20(21)31)18(29)11-8-6-5-7-9-11/h5-9,12-15,19,26-27,30H,4H2,1-3H3,(H,25,31)/t12-,13+,14-,15-,19+,21+,22+/m0/s1. The SMILES string of the molecule is CC[C@H](Br)[C@@H](Br)[C@H](O)[C@H](O)C1=C(C)C(=O)[C@]2(O1)C(=O)N[C@@](OC)(C(=O)c1ccccc1)[C@@H]2O. The smallest absolute Gasteiger partial charge is 0.278 e. The number of amides is 1. The first-order chi connectivity index (χ1) is 15.5. The van der Waals surface area contributed by atoms with Gasteiger partial charge in [-0.1, -0.05) is 69.1 Å². The van der Waals surface area contributed by atoms with E-state index >= 15 is 0 Å². The van der Waals surface area contributed by atoms with Crippen LogP contribution in [0.1, 0.15) is 30.6 Å². The predicted octanol–water partition coefficient (Wildman–Crippen LogP) is 0.974. The van der Waals surface area contributed by atoms with Gasteiger partial charge in [0.15, 0.2) is 6.10 Å². The maximum atomic E-state index is 13.2. The molecule has 0 saturated carbocycles. The maximum Gasteiger partial charge on any atom is 0.278 e. The Hall–Kier alpha value is -1.63. The van der Waals surface area contributed by atoms with Crippen LogP contribution in [-0.2, 0) is 19.1 Å². The fourth-order valence-corrected chi connectivity index (χ4v) is 5.02. The Balaban J connectivity index is 1.97. The number of rotatable bonds is 8. The summed E-state index contributed by atoms with van der Waals surface area (Å²) in [5.41, 5.74) is -4.88. The van der Waals surface area contributed by atoms with E-state index in [0.717, 1.165) is 7.11 Å². The van der Waals surface area contributed by atoms with Crippen LogP contribution >= 0.6 is 31.9 Å². The Morgan fingerprint density at radius 2 is 1.85 bits per heavy atom. The number of aliphatic hydroxyl groups excluding tert-OH is 3. The molecule has 1 saturated heterocycles. The number of aliphatic hydroxyl groups is 3. The zero-order valence-electron chi connectivity index (χ0n) is 18.1. The van der Waals surface area contributed by atoms with Crippen LogP contribution in [-0.4, -0.2) is 79.2 Å². The van der Waals surface area contributed by atoms with Gasteiger partial charge in [0.05, 0.1) is 4.83 Å². The number of alkyl halides is 2. The second-order valence-electron chi connectivity index (χ2n) is 7.95. The first-order valence-electron chi connectivity index (χ1n) is 10.2. The molecule has 2 aliphatic rings. The Morgan fingerprint density at radius 3 is 2.39 bits per heavy atom. The fraction of sp³-hybridized carbons (Fsp3) is 0.500. The molecular formula is C22H25Br2NO8. The molecule has 0 bridgehead atoms. The molecular weight excluding hydrogens is 566 g/mol. The summed E-state index contributed by atoms with van der Waals surface area (Å²) in [6.07, 6.45) is -4.56. The molecule has 4 N–H and O–H groups in total. The molecule has 0 unspecified atom stereocenters. The van der Waals surface area contributed by atoms with Crippen molar-refractivity contribution in [3.05, 3.63) is 47.2 Å². The largest absolute Gasteiger partial charge is 0.467 e. The van der Waals surface area contributed by atoms with Gasteiger partial charge in [-0.05, 0) is 13.3 Å². The van der Waals surface area contributed by atoms with Crippen LogP contribution < -0.4 is 5.32 Å². The van der Waals surface area contributed by atoms with E-state index < -0.39 is 51.9 Å². The highest BCUT2D eigenvalue weighted by atomic mass is 79.9. The predicted molar refractivity (Wildman–Crippen MR) is 124 cm³/mol. The van der Waals surface area contributed by atoms with E-state index in [1.54, 1.807) is 18.2 Å². The lowest BCUT2D eigenvalue weighted by atomic mass is 9.85. The van der Waals surface area contributed by atoms with Gasteiger partial charge in [-0.15, -0.1) is 0 Å². The van der Waals surface area contributed by atoms with Crippen molar-refractivity contribution in [3.8, 4) is 0 Å². The minimum atomic E-state index is -2.55. The Bertz CT molecular complexity index is 986. The van der Waals surface area contributed by atoms with Crippen molar-refractivity contribution in [3.63, 3.8) is 0 Å². The Morgan fingerprint density at radius 1 is 1.24 bits per heavy atom. The van der Waals surface area contributed by atoms with Gasteiger partial charge in [0.1, 0.15) is 18.0 Å². The van der Waals surface area contributed by atoms with Crippen molar-refractivity contribution in [2.45, 2.75) is 59.6 Å². The Kier molecular flexibility index (Phi) is 7.52. The first-order valence-corrected chi connectivity index (χ1v) is 12.1. The number of methoxy groups -OCH3 is 1. The summed E-state index contributed by atoms with van der Waals surface area (Å²) in [6, 6.07) is 7.82. The molecule has 0 radical (unpaired) electrons.